The average Bonchev–Trinajstić information content (AvgIpc) is 3.17. The van der Waals surface area contributed by atoms with Gasteiger partial charge in [0, 0.05) is 48.4 Å². The first-order chi connectivity index (χ1) is 11.7. The van der Waals surface area contributed by atoms with Gasteiger partial charge in [0.15, 0.2) is 0 Å². The number of nitrogens with zero attached hydrogens (tertiary/aromatic N) is 2. The molecule has 0 spiro atoms. The second-order valence-electron chi connectivity index (χ2n) is 7.05. The van der Waals surface area contributed by atoms with Crippen LogP contribution in [0.1, 0.15) is 18.2 Å². The Labute approximate surface area is 147 Å². The lowest BCUT2D eigenvalue weighted by Crippen LogP contribution is -2.48. The minimum Gasteiger partial charge on any atom is -0.340 e. The molecule has 4 heteroatoms. The molecule has 1 amide bonds. The van der Waals surface area contributed by atoms with Gasteiger partial charge in [-0.05, 0) is 30.0 Å². The number of benzene rings is 1. The highest BCUT2D eigenvalue weighted by Gasteiger charge is 2.41. The van der Waals surface area contributed by atoms with Gasteiger partial charge in [-0.2, -0.15) is 0 Å². The van der Waals surface area contributed by atoms with E-state index in [9.17, 15) is 4.79 Å². The second-order valence-corrected chi connectivity index (χ2v) is 8.22. The summed E-state index contributed by atoms with van der Waals surface area (Å²) in [5.74, 6) is 1.32. The summed E-state index contributed by atoms with van der Waals surface area (Å²) < 4.78 is 0. The Morgan fingerprint density at radius 1 is 1.08 bits per heavy atom. The Hall–Kier alpha value is -1.65. The molecule has 2 aromatic rings. The maximum Gasteiger partial charge on any atom is 0.226 e. The fourth-order valence-electron chi connectivity index (χ4n) is 3.47. The van der Waals surface area contributed by atoms with E-state index in [-0.39, 0.29) is 0 Å². The molecule has 0 unspecified atom stereocenters. The van der Waals surface area contributed by atoms with E-state index in [0.717, 1.165) is 39.1 Å². The zero-order chi connectivity index (χ0) is 16.5. The van der Waals surface area contributed by atoms with Crippen molar-refractivity contribution in [2.24, 2.45) is 11.8 Å². The zero-order valence-corrected chi connectivity index (χ0v) is 15.0. The van der Waals surface area contributed by atoms with Crippen molar-refractivity contribution in [2.75, 3.05) is 26.2 Å². The van der Waals surface area contributed by atoms with Crippen molar-refractivity contribution in [3.05, 3.63) is 47.3 Å². The highest BCUT2D eigenvalue weighted by atomic mass is 32.1. The minimum atomic E-state index is 0.322. The third-order valence-electron chi connectivity index (χ3n) is 5.21. The number of amides is 1. The Balaban J connectivity index is 1.31. The van der Waals surface area contributed by atoms with Crippen molar-refractivity contribution in [1.82, 2.24) is 9.80 Å². The first-order valence-corrected chi connectivity index (χ1v) is 9.67. The zero-order valence-electron chi connectivity index (χ0n) is 14.1. The van der Waals surface area contributed by atoms with Crippen LogP contribution in [-0.2, 0) is 11.3 Å². The third kappa shape index (κ3) is 3.40. The highest BCUT2D eigenvalue weighted by Crippen LogP contribution is 2.39. The van der Waals surface area contributed by atoms with E-state index in [0.29, 0.717) is 17.7 Å². The van der Waals surface area contributed by atoms with Gasteiger partial charge in [-0.1, -0.05) is 37.3 Å². The van der Waals surface area contributed by atoms with Crippen LogP contribution in [0.15, 0.2) is 42.5 Å². The van der Waals surface area contributed by atoms with Gasteiger partial charge < -0.3 is 4.90 Å². The summed E-state index contributed by atoms with van der Waals surface area (Å²) in [4.78, 5) is 19.6. The molecule has 1 aromatic carbocycles. The fourth-order valence-corrected chi connectivity index (χ4v) is 4.52. The van der Waals surface area contributed by atoms with Crippen LogP contribution in [0.5, 0.6) is 0 Å². The maximum absolute atomic E-state index is 12.3. The number of carbonyl (C=O) groups excluding carboxylic acids is 1. The van der Waals surface area contributed by atoms with Crippen molar-refractivity contribution < 1.29 is 4.79 Å². The molecule has 0 bridgehead atoms. The van der Waals surface area contributed by atoms with E-state index in [2.05, 4.69) is 59.2 Å². The first kappa shape index (κ1) is 15.9. The van der Waals surface area contributed by atoms with Gasteiger partial charge in [-0.3, -0.25) is 9.69 Å². The van der Waals surface area contributed by atoms with E-state index in [1.807, 2.05) is 11.3 Å². The molecule has 2 fully saturated rings. The van der Waals surface area contributed by atoms with Crippen molar-refractivity contribution in [2.45, 2.75) is 19.9 Å². The molecule has 2 atom stereocenters. The molecule has 1 aromatic heterocycles. The summed E-state index contributed by atoms with van der Waals surface area (Å²) in [6, 6.07) is 15.0. The molecule has 24 heavy (non-hydrogen) atoms. The van der Waals surface area contributed by atoms with Crippen LogP contribution in [-0.4, -0.2) is 41.9 Å². The largest absolute Gasteiger partial charge is 0.340 e. The van der Waals surface area contributed by atoms with Gasteiger partial charge in [0.05, 0.1) is 0 Å². The van der Waals surface area contributed by atoms with Crippen LogP contribution in [0.2, 0.25) is 0 Å². The predicted molar refractivity (Wildman–Crippen MR) is 98.9 cm³/mol. The summed E-state index contributed by atoms with van der Waals surface area (Å²) in [5, 5.41) is 0. The Morgan fingerprint density at radius 2 is 1.79 bits per heavy atom. The molecule has 4 rings (SSSR count). The quantitative estimate of drug-likeness (QED) is 0.847. The van der Waals surface area contributed by atoms with Gasteiger partial charge in [-0.15, -0.1) is 11.3 Å². The Kier molecular flexibility index (Phi) is 4.42. The number of hydrogen-bond acceptors (Lipinski definition) is 3. The van der Waals surface area contributed by atoms with Crippen LogP contribution in [0.4, 0.5) is 0 Å². The number of rotatable bonds is 4. The van der Waals surface area contributed by atoms with Crippen LogP contribution >= 0.6 is 11.3 Å². The third-order valence-corrected chi connectivity index (χ3v) is 6.33. The van der Waals surface area contributed by atoms with E-state index >= 15 is 0 Å². The molecule has 1 saturated heterocycles. The van der Waals surface area contributed by atoms with Crippen molar-refractivity contribution in [3.8, 4) is 10.4 Å². The van der Waals surface area contributed by atoms with Gasteiger partial charge in [0.25, 0.3) is 0 Å². The normalized spacial score (nSPS) is 24.1. The Morgan fingerprint density at radius 3 is 2.46 bits per heavy atom. The summed E-state index contributed by atoms with van der Waals surface area (Å²) >= 11 is 1.88. The lowest BCUT2D eigenvalue weighted by molar-refractivity contribution is -0.134. The molecule has 1 aliphatic carbocycles. The Bertz CT molecular complexity index is 703. The number of thiophene rings is 1. The van der Waals surface area contributed by atoms with Crippen LogP contribution < -0.4 is 0 Å². The van der Waals surface area contributed by atoms with Gasteiger partial charge in [0.2, 0.25) is 5.91 Å². The second kappa shape index (κ2) is 6.69. The fraction of sp³-hybridized carbons (Fsp3) is 0.450. The minimum absolute atomic E-state index is 0.322. The highest BCUT2D eigenvalue weighted by molar-refractivity contribution is 7.15. The molecule has 3 nitrogen and oxygen atoms in total. The van der Waals surface area contributed by atoms with E-state index in [1.54, 1.807) is 0 Å². The summed E-state index contributed by atoms with van der Waals surface area (Å²) in [7, 11) is 0. The average molecular weight is 340 g/mol. The monoisotopic (exact) mass is 340 g/mol. The molecular formula is C20H24N2OS. The maximum atomic E-state index is 12.3. The molecule has 0 N–H and O–H groups in total. The van der Waals surface area contributed by atoms with Crippen molar-refractivity contribution >= 4 is 17.2 Å². The van der Waals surface area contributed by atoms with Gasteiger partial charge >= 0.3 is 0 Å². The van der Waals surface area contributed by atoms with Crippen LogP contribution in [0.25, 0.3) is 10.4 Å². The number of carbonyl (C=O) groups is 1. The lowest BCUT2D eigenvalue weighted by Gasteiger charge is -2.34. The molecule has 126 valence electrons. The van der Waals surface area contributed by atoms with Crippen LogP contribution in [0, 0.1) is 11.8 Å². The lowest BCUT2D eigenvalue weighted by atomic mass is 10.2. The number of hydrogen-bond donors (Lipinski definition) is 0. The smallest absolute Gasteiger partial charge is 0.226 e. The topological polar surface area (TPSA) is 23.6 Å². The molecule has 2 aliphatic rings. The molecule has 2 heterocycles. The summed E-state index contributed by atoms with van der Waals surface area (Å²) in [6.45, 7) is 6.94. The van der Waals surface area contributed by atoms with Crippen LogP contribution in [0.3, 0.4) is 0 Å². The van der Waals surface area contributed by atoms with Crippen molar-refractivity contribution in [3.63, 3.8) is 0 Å². The van der Waals surface area contributed by atoms with E-state index < -0.39 is 0 Å². The number of piperazine rings is 1. The molecule has 1 saturated carbocycles. The van der Waals surface area contributed by atoms with E-state index in [1.165, 1.54) is 15.3 Å². The van der Waals surface area contributed by atoms with E-state index in [4.69, 9.17) is 0 Å². The SMILES string of the molecule is C[C@H]1C[C@H]1C(=O)N1CCN(Cc2ccc(-c3ccccc3)s2)CC1. The molecular weight excluding hydrogens is 316 g/mol. The first-order valence-electron chi connectivity index (χ1n) is 8.86. The molecule has 0 radical (unpaired) electrons. The standard InChI is InChI=1S/C20H24N2OS/c1-15-13-18(15)20(23)22-11-9-21(10-12-22)14-17-7-8-19(24-17)16-5-3-2-4-6-16/h2-8,15,18H,9-14H2,1H3/t15-,18+/m0/s1. The summed E-state index contributed by atoms with van der Waals surface area (Å²) in [5.41, 5.74) is 1.29. The summed E-state index contributed by atoms with van der Waals surface area (Å²) in [6.07, 6.45) is 1.09. The molecule has 1 aliphatic heterocycles. The van der Waals surface area contributed by atoms with Crippen molar-refractivity contribution in [1.29, 1.82) is 0 Å². The predicted octanol–water partition coefficient (Wildman–Crippen LogP) is 3.72. The van der Waals surface area contributed by atoms with Gasteiger partial charge in [-0.25, -0.2) is 0 Å². The van der Waals surface area contributed by atoms with Gasteiger partial charge in [0.1, 0.15) is 0 Å².